The number of benzene rings is 1. The van der Waals surface area contributed by atoms with Crippen LogP contribution in [0.5, 0.6) is 0 Å². The van der Waals surface area contributed by atoms with Crippen molar-refractivity contribution in [1.82, 2.24) is 4.90 Å². The van der Waals surface area contributed by atoms with E-state index in [9.17, 15) is 13.2 Å². The lowest BCUT2D eigenvalue weighted by atomic mass is 10.1. The first kappa shape index (κ1) is 17.0. The average Bonchev–Trinajstić information content (AvgIpc) is 3.20. The van der Waals surface area contributed by atoms with Crippen LogP contribution in [0.2, 0.25) is 0 Å². The molecule has 1 atom stereocenters. The van der Waals surface area contributed by atoms with Crippen LogP contribution in [-0.2, 0) is 24.0 Å². The molecule has 24 heavy (non-hydrogen) atoms. The first-order chi connectivity index (χ1) is 11.5. The Morgan fingerprint density at radius 3 is 2.67 bits per heavy atom. The highest BCUT2D eigenvalue weighted by Crippen LogP contribution is 2.30. The molecule has 3 rings (SSSR count). The van der Waals surface area contributed by atoms with Gasteiger partial charge in [-0.05, 0) is 36.6 Å². The third-order valence-electron chi connectivity index (χ3n) is 4.11. The van der Waals surface area contributed by atoms with Gasteiger partial charge in [-0.2, -0.15) is 13.2 Å². The van der Waals surface area contributed by atoms with Gasteiger partial charge in [-0.15, -0.1) is 0 Å². The van der Waals surface area contributed by atoms with Crippen LogP contribution in [0.4, 0.5) is 13.2 Å². The maximum Gasteiger partial charge on any atom is 0.416 e. The predicted molar refractivity (Wildman–Crippen MR) is 83.2 cm³/mol. The minimum atomic E-state index is -4.32. The molecule has 1 unspecified atom stereocenters. The number of furan rings is 1. The summed E-state index contributed by atoms with van der Waals surface area (Å²) in [6, 6.07) is 9.17. The van der Waals surface area contributed by atoms with Gasteiger partial charge in [0.25, 0.3) is 0 Å². The zero-order valence-corrected chi connectivity index (χ0v) is 13.3. The van der Waals surface area contributed by atoms with Gasteiger partial charge >= 0.3 is 6.18 Å². The summed E-state index contributed by atoms with van der Waals surface area (Å²) >= 11 is 0. The van der Waals surface area contributed by atoms with Crippen molar-refractivity contribution in [2.45, 2.75) is 38.2 Å². The lowest BCUT2D eigenvalue weighted by Gasteiger charge is -2.24. The summed E-state index contributed by atoms with van der Waals surface area (Å²) in [7, 11) is 0. The molecule has 0 aliphatic carbocycles. The molecule has 2 aromatic rings. The highest BCUT2D eigenvalue weighted by Gasteiger charge is 2.30. The second kappa shape index (κ2) is 7.40. The van der Waals surface area contributed by atoms with E-state index in [2.05, 4.69) is 4.90 Å². The van der Waals surface area contributed by atoms with Gasteiger partial charge in [-0.25, -0.2) is 0 Å². The predicted octanol–water partition coefficient (Wildman–Crippen LogP) is 4.48. The molecular weight excluding hydrogens is 319 g/mol. The highest BCUT2D eigenvalue weighted by atomic mass is 19.4. The van der Waals surface area contributed by atoms with Crippen LogP contribution >= 0.6 is 0 Å². The quantitative estimate of drug-likeness (QED) is 0.776. The van der Waals surface area contributed by atoms with Gasteiger partial charge in [-0.3, -0.25) is 4.90 Å². The van der Waals surface area contributed by atoms with Crippen molar-refractivity contribution in [3.05, 3.63) is 59.5 Å². The van der Waals surface area contributed by atoms with Gasteiger partial charge in [0, 0.05) is 19.7 Å². The van der Waals surface area contributed by atoms with Gasteiger partial charge in [0.05, 0.1) is 24.5 Å². The van der Waals surface area contributed by atoms with E-state index < -0.39 is 11.7 Å². The minimum Gasteiger partial charge on any atom is -0.468 e. The van der Waals surface area contributed by atoms with Crippen LogP contribution in [-0.4, -0.2) is 24.2 Å². The fourth-order valence-corrected chi connectivity index (χ4v) is 2.99. The third kappa shape index (κ3) is 4.61. The van der Waals surface area contributed by atoms with Crippen molar-refractivity contribution in [2.24, 2.45) is 0 Å². The van der Waals surface area contributed by atoms with Crippen LogP contribution < -0.4 is 0 Å². The Morgan fingerprint density at radius 1 is 1.12 bits per heavy atom. The van der Waals surface area contributed by atoms with E-state index in [1.165, 1.54) is 12.1 Å². The van der Waals surface area contributed by atoms with Crippen molar-refractivity contribution in [1.29, 1.82) is 0 Å². The summed E-state index contributed by atoms with van der Waals surface area (Å²) in [4.78, 5) is 2.07. The van der Waals surface area contributed by atoms with Gasteiger partial charge in [-0.1, -0.05) is 18.2 Å². The van der Waals surface area contributed by atoms with Crippen LogP contribution in [0.3, 0.4) is 0 Å². The van der Waals surface area contributed by atoms with E-state index in [0.29, 0.717) is 25.2 Å². The van der Waals surface area contributed by atoms with Gasteiger partial charge in [0.15, 0.2) is 0 Å². The smallest absolute Gasteiger partial charge is 0.416 e. The zero-order valence-electron chi connectivity index (χ0n) is 13.3. The van der Waals surface area contributed by atoms with E-state index >= 15 is 0 Å². The molecule has 0 radical (unpaired) electrons. The second-order valence-electron chi connectivity index (χ2n) is 6.08. The van der Waals surface area contributed by atoms with Gasteiger partial charge < -0.3 is 9.15 Å². The molecule has 1 aliphatic rings. The van der Waals surface area contributed by atoms with Crippen molar-refractivity contribution >= 4 is 0 Å². The van der Waals surface area contributed by atoms with E-state index in [4.69, 9.17) is 9.15 Å². The SMILES string of the molecule is FC(F)(F)c1cccc(CN(Cc2ccco2)CC2CCCO2)c1. The van der Waals surface area contributed by atoms with Crippen molar-refractivity contribution in [2.75, 3.05) is 13.2 Å². The van der Waals surface area contributed by atoms with E-state index in [1.54, 1.807) is 12.3 Å². The first-order valence-electron chi connectivity index (χ1n) is 8.03. The Hall–Kier alpha value is -1.79. The maximum atomic E-state index is 12.9. The summed E-state index contributed by atoms with van der Waals surface area (Å²) in [5.41, 5.74) is 0.0180. The zero-order chi connectivity index (χ0) is 17.0. The number of rotatable bonds is 6. The second-order valence-corrected chi connectivity index (χ2v) is 6.08. The lowest BCUT2D eigenvalue weighted by molar-refractivity contribution is -0.137. The van der Waals surface area contributed by atoms with Crippen LogP contribution in [0, 0.1) is 0 Å². The van der Waals surface area contributed by atoms with Crippen LogP contribution in [0.1, 0.15) is 29.7 Å². The number of alkyl halides is 3. The van der Waals surface area contributed by atoms with E-state index in [0.717, 1.165) is 31.3 Å². The Kier molecular flexibility index (Phi) is 5.26. The Bertz CT molecular complexity index is 634. The fourth-order valence-electron chi connectivity index (χ4n) is 2.99. The molecule has 1 fully saturated rings. The largest absolute Gasteiger partial charge is 0.468 e. The normalized spacial score (nSPS) is 18.4. The molecule has 1 saturated heterocycles. The summed E-state index contributed by atoms with van der Waals surface area (Å²) in [6.45, 7) is 2.40. The Morgan fingerprint density at radius 2 is 2.00 bits per heavy atom. The molecule has 1 aromatic heterocycles. The molecule has 6 heteroatoms. The van der Waals surface area contributed by atoms with Crippen molar-refractivity contribution < 1.29 is 22.3 Å². The van der Waals surface area contributed by atoms with Crippen LogP contribution in [0.15, 0.2) is 47.1 Å². The standard InChI is InChI=1S/C18H20F3NO2/c19-18(20,21)15-5-1-4-14(10-15)11-22(12-16-6-2-8-23-16)13-17-7-3-9-24-17/h1-2,4-6,8,10,17H,3,7,9,11-13H2. The molecule has 3 nitrogen and oxygen atoms in total. The molecule has 1 aromatic carbocycles. The molecule has 1 aliphatic heterocycles. The van der Waals surface area contributed by atoms with Crippen molar-refractivity contribution in [3.63, 3.8) is 0 Å². The number of hydrogen-bond acceptors (Lipinski definition) is 3. The first-order valence-corrected chi connectivity index (χ1v) is 8.03. The minimum absolute atomic E-state index is 0.130. The molecule has 0 N–H and O–H groups in total. The number of ether oxygens (including phenoxy) is 1. The third-order valence-corrected chi connectivity index (χ3v) is 4.11. The lowest BCUT2D eigenvalue weighted by Crippen LogP contribution is -2.31. The van der Waals surface area contributed by atoms with E-state index in [-0.39, 0.29) is 6.10 Å². The summed E-state index contributed by atoms with van der Waals surface area (Å²) in [5.74, 6) is 0.792. The summed E-state index contributed by atoms with van der Waals surface area (Å²) in [6.07, 6.45) is -0.578. The fraction of sp³-hybridized carbons (Fsp3) is 0.444. The highest BCUT2D eigenvalue weighted by molar-refractivity contribution is 5.25. The number of hydrogen-bond donors (Lipinski definition) is 0. The number of halogens is 3. The molecule has 0 amide bonds. The molecule has 130 valence electrons. The topological polar surface area (TPSA) is 25.6 Å². The van der Waals surface area contributed by atoms with Crippen molar-refractivity contribution in [3.8, 4) is 0 Å². The molecule has 0 bridgehead atoms. The summed E-state index contributed by atoms with van der Waals surface area (Å²) in [5, 5.41) is 0. The molecule has 0 spiro atoms. The molecule has 0 saturated carbocycles. The maximum absolute atomic E-state index is 12.9. The van der Waals surface area contributed by atoms with E-state index in [1.807, 2.05) is 12.1 Å². The summed E-state index contributed by atoms with van der Waals surface area (Å²) < 4.78 is 49.7. The molecule has 2 heterocycles. The Labute approximate surface area is 139 Å². The average molecular weight is 339 g/mol. The van der Waals surface area contributed by atoms with Gasteiger partial charge in [0.1, 0.15) is 5.76 Å². The number of nitrogens with zero attached hydrogens (tertiary/aromatic N) is 1. The molecular formula is C18H20F3NO2. The van der Waals surface area contributed by atoms with Gasteiger partial charge in [0.2, 0.25) is 0 Å². The Balaban J connectivity index is 1.72. The monoisotopic (exact) mass is 339 g/mol. The van der Waals surface area contributed by atoms with Crippen LogP contribution in [0.25, 0.3) is 0 Å².